The summed E-state index contributed by atoms with van der Waals surface area (Å²) in [6.07, 6.45) is 0.299. The molecule has 20 heavy (non-hydrogen) atoms. The lowest BCUT2D eigenvalue weighted by Crippen LogP contribution is -2.25. The highest BCUT2D eigenvalue weighted by Gasteiger charge is 2.27. The second-order valence-corrected chi connectivity index (χ2v) is 5.36. The fourth-order valence-corrected chi connectivity index (χ4v) is 2.28. The molecule has 0 fully saturated rings. The Hall–Kier alpha value is -1.58. The highest BCUT2D eigenvalue weighted by molar-refractivity contribution is 6.30. The molecule has 2 aromatic rings. The highest BCUT2D eigenvalue weighted by Crippen LogP contribution is 2.30. The van der Waals surface area contributed by atoms with Gasteiger partial charge in [0.25, 0.3) is 0 Å². The maximum Gasteiger partial charge on any atom is 0.132 e. The molecule has 0 saturated heterocycles. The van der Waals surface area contributed by atoms with Crippen LogP contribution >= 0.6 is 11.6 Å². The first-order chi connectivity index (χ1) is 9.42. The van der Waals surface area contributed by atoms with E-state index < -0.39 is 11.4 Å². The SMILES string of the molecule is COc1ccc(C(C)(O)Cc2ccc(Cl)cc2)c(F)c1. The topological polar surface area (TPSA) is 29.5 Å². The minimum Gasteiger partial charge on any atom is -0.497 e. The van der Waals surface area contributed by atoms with Crippen molar-refractivity contribution in [2.24, 2.45) is 0 Å². The van der Waals surface area contributed by atoms with Gasteiger partial charge in [0, 0.05) is 23.1 Å². The van der Waals surface area contributed by atoms with E-state index in [1.807, 2.05) is 12.1 Å². The third-order valence-corrected chi connectivity index (χ3v) is 3.47. The van der Waals surface area contributed by atoms with E-state index in [9.17, 15) is 9.50 Å². The minimum absolute atomic E-state index is 0.244. The molecule has 0 aliphatic carbocycles. The zero-order valence-corrected chi connectivity index (χ0v) is 12.1. The summed E-state index contributed by atoms with van der Waals surface area (Å²) in [7, 11) is 1.47. The molecule has 0 bridgehead atoms. The molecule has 0 spiro atoms. The first-order valence-electron chi connectivity index (χ1n) is 6.23. The van der Waals surface area contributed by atoms with Crippen molar-refractivity contribution in [2.75, 3.05) is 7.11 Å². The average molecular weight is 295 g/mol. The van der Waals surface area contributed by atoms with Gasteiger partial charge < -0.3 is 9.84 Å². The molecule has 2 nitrogen and oxygen atoms in total. The number of methoxy groups -OCH3 is 1. The Labute approximate surface area is 122 Å². The average Bonchev–Trinajstić information content (AvgIpc) is 2.40. The van der Waals surface area contributed by atoms with Gasteiger partial charge in [0.2, 0.25) is 0 Å². The lowest BCUT2D eigenvalue weighted by atomic mass is 9.88. The van der Waals surface area contributed by atoms with Crippen molar-refractivity contribution in [1.82, 2.24) is 0 Å². The standard InChI is InChI=1S/C16H16ClFO2/c1-16(19,10-11-3-5-12(17)6-4-11)14-8-7-13(20-2)9-15(14)18/h3-9,19H,10H2,1-2H3. The summed E-state index contributed by atoms with van der Waals surface area (Å²) in [6, 6.07) is 11.6. The fourth-order valence-electron chi connectivity index (χ4n) is 2.15. The van der Waals surface area contributed by atoms with Crippen LogP contribution in [0.4, 0.5) is 4.39 Å². The van der Waals surface area contributed by atoms with Gasteiger partial charge in [-0.3, -0.25) is 0 Å². The van der Waals surface area contributed by atoms with Crippen LogP contribution in [0.2, 0.25) is 5.02 Å². The molecule has 2 aromatic carbocycles. The number of aliphatic hydroxyl groups is 1. The normalized spacial score (nSPS) is 13.8. The summed E-state index contributed by atoms with van der Waals surface area (Å²) in [5, 5.41) is 11.2. The molecule has 1 atom stereocenters. The molecular weight excluding hydrogens is 279 g/mol. The zero-order valence-electron chi connectivity index (χ0n) is 11.4. The Bertz CT molecular complexity index is 594. The predicted molar refractivity (Wildman–Crippen MR) is 77.7 cm³/mol. The molecule has 0 saturated carbocycles. The van der Waals surface area contributed by atoms with Crippen LogP contribution in [-0.4, -0.2) is 12.2 Å². The van der Waals surface area contributed by atoms with Crippen LogP contribution in [0.1, 0.15) is 18.1 Å². The Kier molecular flexibility index (Phi) is 4.31. The summed E-state index contributed by atoms with van der Waals surface area (Å²) in [6.45, 7) is 1.59. The monoisotopic (exact) mass is 294 g/mol. The molecule has 0 heterocycles. The molecule has 4 heteroatoms. The maximum absolute atomic E-state index is 14.0. The van der Waals surface area contributed by atoms with Gasteiger partial charge in [-0.25, -0.2) is 4.39 Å². The molecule has 0 radical (unpaired) electrons. The smallest absolute Gasteiger partial charge is 0.132 e. The van der Waals surface area contributed by atoms with Gasteiger partial charge in [0.05, 0.1) is 12.7 Å². The first kappa shape index (κ1) is 14.8. The first-order valence-corrected chi connectivity index (χ1v) is 6.61. The van der Waals surface area contributed by atoms with Gasteiger partial charge in [-0.2, -0.15) is 0 Å². The van der Waals surface area contributed by atoms with E-state index in [-0.39, 0.29) is 5.56 Å². The highest BCUT2D eigenvalue weighted by atomic mass is 35.5. The Morgan fingerprint density at radius 1 is 1.20 bits per heavy atom. The van der Waals surface area contributed by atoms with E-state index in [0.717, 1.165) is 5.56 Å². The van der Waals surface area contributed by atoms with Gasteiger partial charge in [-0.05, 0) is 36.8 Å². The predicted octanol–water partition coefficient (Wildman–Crippen LogP) is 3.94. The summed E-state index contributed by atoms with van der Waals surface area (Å²) < 4.78 is 19.0. The van der Waals surface area contributed by atoms with Gasteiger partial charge >= 0.3 is 0 Å². The van der Waals surface area contributed by atoms with Crippen molar-refractivity contribution >= 4 is 11.6 Å². The van der Waals surface area contributed by atoms with Crippen molar-refractivity contribution in [1.29, 1.82) is 0 Å². The number of hydrogen-bond donors (Lipinski definition) is 1. The van der Waals surface area contributed by atoms with E-state index >= 15 is 0 Å². The maximum atomic E-state index is 14.0. The van der Waals surface area contributed by atoms with Crippen LogP contribution in [0.25, 0.3) is 0 Å². The van der Waals surface area contributed by atoms with Gasteiger partial charge in [0.15, 0.2) is 0 Å². The fraction of sp³-hybridized carbons (Fsp3) is 0.250. The van der Waals surface area contributed by atoms with Crippen LogP contribution in [-0.2, 0) is 12.0 Å². The van der Waals surface area contributed by atoms with Crippen LogP contribution in [0.15, 0.2) is 42.5 Å². The van der Waals surface area contributed by atoms with Crippen LogP contribution in [0.5, 0.6) is 5.75 Å². The Balaban J connectivity index is 2.27. The van der Waals surface area contributed by atoms with Gasteiger partial charge in [-0.15, -0.1) is 0 Å². The van der Waals surface area contributed by atoms with E-state index in [4.69, 9.17) is 16.3 Å². The number of benzene rings is 2. The summed E-state index contributed by atoms with van der Waals surface area (Å²) in [4.78, 5) is 0. The van der Waals surface area contributed by atoms with Crippen LogP contribution in [0.3, 0.4) is 0 Å². The Morgan fingerprint density at radius 2 is 1.85 bits per heavy atom. The number of rotatable bonds is 4. The van der Waals surface area contributed by atoms with E-state index in [1.165, 1.54) is 13.2 Å². The van der Waals surface area contributed by atoms with E-state index in [2.05, 4.69) is 0 Å². The largest absolute Gasteiger partial charge is 0.497 e. The van der Waals surface area contributed by atoms with Crippen molar-refractivity contribution < 1.29 is 14.2 Å². The van der Waals surface area contributed by atoms with Gasteiger partial charge in [0.1, 0.15) is 11.6 Å². The molecule has 106 valence electrons. The molecular formula is C16H16ClFO2. The third kappa shape index (κ3) is 3.30. The minimum atomic E-state index is -1.30. The van der Waals surface area contributed by atoms with Crippen molar-refractivity contribution in [3.8, 4) is 5.75 Å². The quantitative estimate of drug-likeness (QED) is 0.925. The summed E-state index contributed by atoms with van der Waals surface area (Å²) >= 11 is 5.82. The molecule has 0 amide bonds. The van der Waals surface area contributed by atoms with Gasteiger partial charge in [-0.1, -0.05) is 23.7 Å². The number of ether oxygens (including phenoxy) is 1. The van der Waals surface area contributed by atoms with Crippen LogP contribution < -0.4 is 4.74 Å². The molecule has 1 N–H and O–H groups in total. The van der Waals surface area contributed by atoms with E-state index in [1.54, 1.807) is 31.2 Å². The molecule has 1 unspecified atom stereocenters. The summed E-state index contributed by atoms with van der Waals surface area (Å²) in [5.41, 5.74) is -0.174. The Morgan fingerprint density at radius 3 is 2.40 bits per heavy atom. The van der Waals surface area contributed by atoms with E-state index in [0.29, 0.717) is 17.2 Å². The molecule has 2 rings (SSSR count). The molecule has 0 aliphatic heterocycles. The van der Waals surface area contributed by atoms with Crippen molar-refractivity contribution in [3.05, 3.63) is 64.4 Å². The lowest BCUT2D eigenvalue weighted by molar-refractivity contribution is 0.0537. The van der Waals surface area contributed by atoms with Crippen LogP contribution in [0, 0.1) is 5.82 Å². The lowest BCUT2D eigenvalue weighted by Gasteiger charge is -2.25. The molecule has 0 aromatic heterocycles. The zero-order chi connectivity index (χ0) is 14.8. The summed E-state index contributed by atoms with van der Waals surface area (Å²) in [5.74, 6) is -0.0585. The van der Waals surface area contributed by atoms with Crippen molar-refractivity contribution in [2.45, 2.75) is 18.9 Å². The molecule has 0 aliphatic rings. The van der Waals surface area contributed by atoms with Crippen molar-refractivity contribution in [3.63, 3.8) is 0 Å². The second-order valence-electron chi connectivity index (χ2n) is 4.92. The second kappa shape index (κ2) is 5.81. The number of hydrogen-bond acceptors (Lipinski definition) is 2. The third-order valence-electron chi connectivity index (χ3n) is 3.22. The number of halogens is 2.